The maximum absolute atomic E-state index is 11.9. The van der Waals surface area contributed by atoms with Crippen molar-refractivity contribution in [2.45, 2.75) is 25.7 Å². The Morgan fingerprint density at radius 3 is 2.73 bits per heavy atom. The van der Waals surface area contributed by atoms with Gasteiger partial charge in [-0.3, -0.25) is 0 Å². The molecule has 0 amide bonds. The molecule has 0 fully saturated rings. The van der Waals surface area contributed by atoms with Crippen molar-refractivity contribution in [3.8, 4) is 0 Å². The molecule has 1 aromatic rings. The summed E-state index contributed by atoms with van der Waals surface area (Å²) >= 11 is 1.41. The molecule has 0 radical (unpaired) electrons. The minimum absolute atomic E-state index is 0.290. The van der Waals surface area contributed by atoms with Crippen LogP contribution in [0.4, 0.5) is 13.2 Å². The Bertz CT molecular complexity index is 313. The first kappa shape index (κ1) is 12.4. The van der Waals surface area contributed by atoms with Crippen LogP contribution in [0.25, 0.3) is 0 Å². The lowest BCUT2D eigenvalue weighted by molar-refractivity contribution is -0.201. The van der Waals surface area contributed by atoms with Gasteiger partial charge in [0.2, 0.25) is 0 Å². The highest BCUT2D eigenvalue weighted by atomic mass is 32.1. The molecule has 1 rings (SSSR count). The van der Waals surface area contributed by atoms with Crippen LogP contribution in [0.1, 0.15) is 9.88 Å². The second kappa shape index (κ2) is 4.91. The summed E-state index contributed by atoms with van der Waals surface area (Å²) in [7, 11) is 0. The molecule has 1 atom stereocenters. The van der Waals surface area contributed by atoms with Crippen molar-refractivity contribution in [2.24, 2.45) is 0 Å². The Kier molecular flexibility index (Phi) is 4.06. The van der Waals surface area contributed by atoms with Crippen LogP contribution in [0.15, 0.2) is 6.20 Å². The maximum atomic E-state index is 11.9. The van der Waals surface area contributed by atoms with Gasteiger partial charge in [-0.25, -0.2) is 4.98 Å². The second-order valence-corrected chi connectivity index (χ2v) is 4.35. The number of aryl methyl sites for hydroxylation is 1. The Labute approximate surface area is 89.0 Å². The summed E-state index contributed by atoms with van der Waals surface area (Å²) in [6, 6.07) is 0. The zero-order chi connectivity index (χ0) is 11.5. The van der Waals surface area contributed by atoms with Gasteiger partial charge in [-0.15, -0.1) is 11.3 Å². The Morgan fingerprint density at radius 1 is 1.60 bits per heavy atom. The number of aliphatic hydroxyl groups excluding tert-OH is 1. The Hall–Kier alpha value is -0.660. The fraction of sp³-hybridized carbons (Fsp3) is 0.625. The van der Waals surface area contributed by atoms with Gasteiger partial charge < -0.3 is 10.4 Å². The van der Waals surface area contributed by atoms with E-state index < -0.39 is 18.8 Å². The summed E-state index contributed by atoms with van der Waals surface area (Å²) in [4.78, 5) is 4.81. The van der Waals surface area contributed by atoms with Gasteiger partial charge in [0.1, 0.15) is 0 Å². The van der Waals surface area contributed by atoms with Crippen LogP contribution >= 0.6 is 11.3 Å². The number of aromatic nitrogens is 1. The van der Waals surface area contributed by atoms with Crippen molar-refractivity contribution in [1.29, 1.82) is 0 Å². The SMILES string of the molecule is Cc1ncc(CNCC(O)C(F)(F)F)s1. The molecule has 0 aliphatic carbocycles. The van der Waals surface area contributed by atoms with E-state index in [1.165, 1.54) is 11.3 Å². The molecule has 0 spiro atoms. The lowest BCUT2D eigenvalue weighted by Crippen LogP contribution is -2.38. The predicted molar refractivity (Wildman–Crippen MR) is 50.6 cm³/mol. The molecule has 0 aromatic carbocycles. The van der Waals surface area contributed by atoms with Crippen LogP contribution in [0, 0.1) is 6.92 Å². The van der Waals surface area contributed by atoms with Crippen molar-refractivity contribution >= 4 is 11.3 Å². The first-order chi connectivity index (χ1) is 6.89. The topological polar surface area (TPSA) is 45.2 Å². The predicted octanol–water partition coefficient (Wildman–Crippen LogP) is 1.46. The zero-order valence-electron chi connectivity index (χ0n) is 8.01. The average Bonchev–Trinajstić information content (AvgIpc) is 2.49. The fourth-order valence-corrected chi connectivity index (χ4v) is 1.70. The molecule has 7 heteroatoms. The molecule has 86 valence electrons. The van der Waals surface area contributed by atoms with E-state index in [2.05, 4.69) is 10.3 Å². The van der Waals surface area contributed by atoms with Crippen LogP contribution in [-0.2, 0) is 6.54 Å². The molecule has 0 aliphatic heterocycles. The first-order valence-electron chi connectivity index (χ1n) is 4.26. The van der Waals surface area contributed by atoms with Crippen LogP contribution in [0.3, 0.4) is 0 Å². The maximum Gasteiger partial charge on any atom is 0.415 e. The average molecular weight is 240 g/mol. The van der Waals surface area contributed by atoms with Crippen molar-refractivity contribution in [1.82, 2.24) is 10.3 Å². The van der Waals surface area contributed by atoms with Crippen molar-refractivity contribution in [2.75, 3.05) is 6.54 Å². The lowest BCUT2D eigenvalue weighted by Gasteiger charge is -2.14. The highest BCUT2D eigenvalue weighted by Crippen LogP contribution is 2.19. The molecule has 3 nitrogen and oxygen atoms in total. The smallest absolute Gasteiger partial charge is 0.382 e. The van der Waals surface area contributed by atoms with Crippen molar-refractivity contribution in [3.63, 3.8) is 0 Å². The molecule has 1 heterocycles. The van der Waals surface area contributed by atoms with E-state index in [-0.39, 0.29) is 0 Å². The standard InChI is InChI=1S/C8H11F3N2OS/c1-5-13-3-6(15-5)2-12-4-7(14)8(9,10)11/h3,7,12,14H,2,4H2,1H3. The van der Waals surface area contributed by atoms with Gasteiger partial charge in [0.25, 0.3) is 0 Å². The summed E-state index contributed by atoms with van der Waals surface area (Å²) in [5.41, 5.74) is 0. The summed E-state index contributed by atoms with van der Waals surface area (Å²) in [6.45, 7) is 1.61. The third-order valence-electron chi connectivity index (χ3n) is 1.68. The van der Waals surface area contributed by atoms with Gasteiger partial charge in [0.05, 0.1) is 5.01 Å². The Balaban J connectivity index is 2.28. The third-order valence-corrected chi connectivity index (χ3v) is 2.60. The van der Waals surface area contributed by atoms with Crippen LogP contribution < -0.4 is 5.32 Å². The number of rotatable bonds is 4. The molecule has 0 aliphatic rings. The number of aliphatic hydroxyl groups is 1. The fourth-order valence-electron chi connectivity index (χ4n) is 0.935. The van der Waals surface area contributed by atoms with E-state index >= 15 is 0 Å². The Morgan fingerprint density at radius 2 is 2.27 bits per heavy atom. The summed E-state index contributed by atoms with van der Waals surface area (Å²) < 4.78 is 35.6. The van der Waals surface area contributed by atoms with Gasteiger partial charge in [-0.1, -0.05) is 0 Å². The zero-order valence-corrected chi connectivity index (χ0v) is 8.82. The number of hydrogen-bond donors (Lipinski definition) is 2. The lowest BCUT2D eigenvalue weighted by atomic mass is 10.3. The molecule has 15 heavy (non-hydrogen) atoms. The third kappa shape index (κ3) is 4.15. The normalized spacial score (nSPS) is 14.2. The largest absolute Gasteiger partial charge is 0.415 e. The van der Waals surface area contributed by atoms with Gasteiger partial charge in [-0.05, 0) is 6.92 Å². The minimum Gasteiger partial charge on any atom is -0.382 e. The van der Waals surface area contributed by atoms with Crippen molar-refractivity contribution < 1.29 is 18.3 Å². The van der Waals surface area contributed by atoms with Gasteiger partial charge in [0.15, 0.2) is 6.10 Å². The van der Waals surface area contributed by atoms with Gasteiger partial charge >= 0.3 is 6.18 Å². The van der Waals surface area contributed by atoms with E-state index in [9.17, 15) is 13.2 Å². The second-order valence-electron chi connectivity index (χ2n) is 3.03. The molecule has 1 unspecified atom stereocenters. The van der Waals surface area contributed by atoms with E-state index in [0.717, 1.165) is 9.88 Å². The molecular weight excluding hydrogens is 229 g/mol. The number of halogens is 3. The highest BCUT2D eigenvalue weighted by Gasteiger charge is 2.37. The van der Waals surface area contributed by atoms with Gasteiger partial charge in [-0.2, -0.15) is 13.2 Å². The van der Waals surface area contributed by atoms with Gasteiger partial charge in [0, 0.05) is 24.2 Å². The molecule has 0 bridgehead atoms. The summed E-state index contributed by atoms with van der Waals surface area (Å²) in [5.74, 6) is 0. The molecule has 0 saturated heterocycles. The molecule has 0 saturated carbocycles. The van der Waals surface area contributed by atoms with E-state index in [0.29, 0.717) is 6.54 Å². The number of nitrogens with one attached hydrogen (secondary N) is 1. The minimum atomic E-state index is -4.56. The quantitative estimate of drug-likeness (QED) is 0.837. The van der Waals surface area contributed by atoms with Crippen molar-refractivity contribution in [3.05, 3.63) is 16.1 Å². The van der Waals surface area contributed by atoms with Crippen LogP contribution in [0.5, 0.6) is 0 Å². The number of thiazole rings is 1. The summed E-state index contributed by atoms with van der Waals surface area (Å²) in [5, 5.41) is 12.1. The molecular formula is C8H11F3N2OS. The summed E-state index contributed by atoms with van der Waals surface area (Å²) in [6.07, 6.45) is -5.27. The molecule has 1 aromatic heterocycles. The number of hydrogen-bond acceptors (Lipinski definition) is 4. The van der Waals surface area contributed by atoms with Crippen LogP contribution in [0.2, 0.25) is 0 Å². The van der Waals surface area contributed by atoms with E-state index in [1.54, 1.807) is 6.20 Å². The molecule has 2 N–H and O–H groups in total. The van der Waals surface area contributed by atoms with E-state index in [1.807, 2.05) is 6.92 Å². The highest BCUT2D eigenvalue weighted by molar-refractivity contribution is 7.11. The van der Waals surface area contributed by atoms with E-state index in [4.69, 9.17) is 5.11 Å². The number of nitrogens with zero attached hydrogens (tertiary/aromatic N) is 1. The monoisotopic (exact) mass is 240 g/mol. The first-order valence-corrected chi connectivity index (χ1v) is 5.08. The van der Waals surface area contributed by atoms with Crippen LogP contribution in [-0.4, -0.2) is 28.9 Å². The number of alkyl halides is 3.